The molecule has 1 fully saturated rings. The van der Waals surface area contributed by atoms with Gasteiger partial charge < -0.3 is 9.32 Å². The fraction of sp³-hybridized carbons (Fsp3) is 0.273. The number of nitrogens with zero attached hydrogens (tertiary/aromatic N) is 2. The third-order valence-corrected chi connectivity index (χ3v) is 8.96. The number of carbonyl (C=O) groups excluding carboxylic acids is 1. The number of nitriles is 1. The third kappa shape index (κ3) is 6.15. The van der Waals surface area contributed by atoms with Crippen LogP contribution in [0.15, 0.2) is 114 Å². The topological polar surface area (TPSA) is 57.2 Å². The number of furan rings is 1. The number of hydrogen-bond donors (Lipinski definition) is 0. The number of rotatable bonds is 9. The minimum absolute atomic E-state index is 0. The van der Waals surface area contributed by atoms with Crippen molar-refractivity contribution < 1.29 is 9.21 Å². The summed E-state index contributed by atoms with van der Waals surface area (Å²) in [6.07, 6.45) is 3.86. The van der Waals surface area contributed by atoms with E-state index in [0.717, 1.165) is 54.9 Å². The molecule has 0 bridgehead atoms. The number of carbonyl (C=O) groups is 1. The fourth-order valence-corrected chi connectivity index (χ4v) is 6.64. The van der Waals surface area contributed by atoms with Crippen LogP contribution in [0.4, 0.5) is 0 Å². The molecule has 1 aliphatic rings. The predicted molar refractivity (Wildman–Crippen MR) is 160 cm³/mol. The fourth-order valence-electron chi connectivity index (χ4n) is 5.61. The van der Waals surface area contributed by atoms with E-state index < -0.39 is 10.8 Å². The van der Waals surface area contributed by atoms with E-state index in [9.17, 15) is 10.1 Å². The van der Waals surface area contributed by atoms with E-state index in [1.54, 1.807) is 6.26 Å². The molecule has 0 N–H and O–H groups in total. The van der Waals surface area contributed by atoms with Crippen LogP contribution >= 0.6 is 24.2 Å². The normalized spacial score (nSPS) is 15.2. The average molecular weight is 557 g/mol. The summed E-state index contributed by atoms with van der Waals surface area (Å²) in [6.45, 7) is 2.41. The summed E-state index contributed by atoms with van der Waals surface area (Å²) in [5, 5.41) is 10.7. The van der Waals surface area contributed by atoms with Crippen LogP contribution in [0.1, 0.15) is 41.7 Å². The van der Waals surface area contributed by atoms with Gasteiger partial charge in [-0.3, -0.25) is 4.79 Å². The largest absolute Gasteiger partial charge is 0.468 e. The number of benzene rings is 3. The highest BCUT2D eigenvalue weighted by atomic mass is 35.5. The first-order valence-electron chi connectivity index (χ1n) is 13.2. The highest BCUT2D eigenvalue weighted by Crippen LogP contribution is 2.41. The van der Waals surface area contributed by atoms with Crippen LogP contribution in [-0.2, 0) is 21.4 Å². The molecule has 6 heteroatoms. The molecular weight excluding hydrogens is 524 g/mol. The smallest absolute Gasteiger partial charge is 0.200 e. The molecule has 2 heterocycles. The molecule has 4 aromatic rings. The van der Waals surface area contributed by atoms with E-state index in [4.69, 9.17) is 4.42 Å². The van der Waals surface area contributed by atoms with Gasteiger partial charge in [0.25, 0.3) is 0 Å². The molecule has 5 rings (SSSR count). The van der Waals surface area contributed by atoms with Gasteiger partial charge in [0.05, 0.1) is 23.5 Å². The van der Waals surface area contributed by atoms with Crippen molar-refractivity contribution in [3.8, 4) is 6.07 Å². The Labute approximate surface area is 241 Å². The Morgan fingerprint density at radius 3 is 1.95 bits per heavy atom. The number of hydrogen-bond acceptors (Lipinski definition) is 5. The number of halogens is 1. The highest BCUT2D eigenvalue weighted by molar-refractivity contribution is 8.13. The van der Waals surface area contributed by atoms with E-state index in [1.807, 2.05) is 66.7 Å². The second kappa shape index (κ2) is 13.2. The Bertz CT molecular complexity index is 1310. The van der Waals surface area contributed by atoms with Crippen molar-refractivity contribution in [2.24, 2.45) is 0 Å². The lowest BCUT2D eigenvalue weighted by Crippen LogP contribution is -2.47. The van der Waals surface area contributed by atoms with Crippen molar-refractivity contribution in [2.45, 2.75) is 35.8 Å². The van der Waals surface area contributed by atoms with E-state index in [2.05, 4.69) is 47.4 Å². The molecule has 0 radical (unpaired) electrons. The molecule has 39 heavy (non-hydrogen) atoms. The predicted octanol–water partition coefficient (Wildman–Crippen LogP) is 7.39. The van der Waals surface area contributed by atoms with Gasteiger partial charge in [0.1, 0.15) is 11.2 Å². The van der Waals surface area contributed by atoms with Crippen LogP contribution in [0.5, 0.6) is 0 Å². The van der Waals surface area contributed by atoms with E-state index in [1.165, 1.54) is 11.8 Å². The summed E-state index contributed by atoms with van der Waals surface area (Å²) in [5.41, 5.74) is 1.91. The first-order valence-corrected chi connectivity index (χ1v) is 14.1. The first kappa shape index (κ1) is 28.7. The standard InChI is InChI=1S/C33H32N2O2S.ClH/c34-26-33(28-13-6-2-7-14-28,29-15-8-3-9-16-29)20-23-35-21-18-32(19-22-35,27-11-4-1-5-12-27)31(36)38-25-30-17-10-24-37-30;/h1-17,24H,18-23,25H2;1H. The lowest BCUT2D eigenvalue weighted by Gasteiger charge is -2.41. The van der Waals surface area contributed by atoms with Crippen LogP contribution < -0.4 is 0 Å². The van der Waals surface area contributed by atoms with E-state index >= 15 is 0 Å². The van der Waals surface area contributed by atoms with Gasteiger partial charge in [-0.2, -0.15) is 5.26 Å². The van der Waals surface area contributed by atoms with Gasteiger partial charge in [-0.05, 0) is 61.2 Å². The van der Waals surface area contributed by atoms with Crippen LogP contribution in [0, 0.1) is 11.3 Å². The SMILES string of the molecule is Cl.N#CC(CCN1CCC(C(=O)SCc2ccco2)(c2ccccc2)CC1)(c1ccccc1)c1ccccc1. The molecule has 4 nitrogen and oxygen atoms in total. The van der Waals surface area contributed by atoms with Gasteiger partial charge in [0.2, 0.25) is 0 Å². The third-order valence-electron chi connectivity index (χ3n) is 7.88. The van der Waals surface area contributed by atoms with Gasteiger partial charge >= 0.3 is 0 Å². The molecule has 0 spiro atoms. The van der Waals surface area contributed by atoms with E-state index in [0.29, 0.717) is 12.2 Å². The molecular formula is C33H33ClN2O2S. The summed E-state index contributed by atoms with van der Waals surface area (Å²) in [5.74, 6) is 1.36. The molecule has 1 aromatic heterocycles. The van der Waals surface area contributed by atoms with Gasteiger partial charge in [-0.25, -0.2) is 0 Å². The molecule has 0 unspecified atom stereocenters. The Morgan fingerprint density at radius 1 is 0.872 bits per heavy atom. The highest BCUT2D eigenvalue weighted by Gasteiger charge is 2.43. The van der Waals surface area contributed by atoms with Crippen LogP contribution in [0.3, 0.4) is 0 Å². The quantitative estimate of drug-likeness (QED) is 0.215. The second-order valence-electron chi connectivity index (χ2n) is 9.94. The van der Waals surface area contributed by atoms with Crippen molar-refractivity contribution in [1.82, 2.24) is 4.90 Å². The number of thioether (sulfide) groups is 1. The van der Waals surface area contributed by atoms with Crippen LogP contribution in [0.25, 0.3) is 0 Å². The van der Waals surface area contributed by atoms with Crippen molar-refractivity contribution >= 4 is 29.3 Å². The summed E-state index contributed by atoms with van der Waals surface area (Å²) in [4.78, 5) is 16.1. The maximum absolute atomic E-state index is 13.7. The Morgan fingerprint density at radius 2 is 1.44 bits per heavy atom. The minimum Gasteiger partial charge on any atom is -0.468 e. The number of piperidine rings is 1. The summed E-state index contributed by atoms with van der Waals surface area (Å²) < 4.78 is 5.47. The molecule has 0 amide bonds. The zero-order chi connectivity index (χ0) is 26.3. The maximum atomic E-state index is 13.7. The van der Waals surface area contributed by atoms with Crippen LogP contribution in [0.2, 0.25) is 0 Å². The van der Waals surface area contributed by atoms with Crippen LogP contribution in [-0.4, -0.2) is 29.6 Å². The second-order valence-corrected chi connectivity index (χ2v) is 10.9. The Balaban J connectivity index is 0.00000353. The van der Waals surface area contributed by atoms with Crippen molar-refractivity contribution in [1.29, 1.82) is 5.26 Å². The Kier molecular flexibility index (Phi) is 9.69. The molecule has 0 aliphatic carbocycles. The van der Waals surface area contributed by atoms with Crippen molar-refractivity contribution in [2.75, 3.05) is 19.6 Å². The first-order chi connectivity index (χ1) is 18.7. The molecule has 1 aliphatic heterocycles. The molecule has 1 saturated heterocycles. The zero-order valence-corrected chi connectivity index (χ0v) is 23.5. The lowest BCUT2D eigenvalue weighted by atomic mass is 9.72. The summed E-state index contributed by atoms with van der Waals surface area (Å²) in [7, 11) is 0. The van der Waals surface area contributed by atoms with Gasteiger partial charge in [-0.1, -0.05) is 103 Å². The van der Waals surface area contributed by atoms with Gasteiger partial charge in [0, 0.05) is 6.54 Å². The van der Waals surface area contributed by atoms with Gasteiger partial charge in [-0.15, -0.1) is 12.4 Å². The van der Waals surface area contributed by atoms with Crippen molar-refractivity contribution in [3.05, 3.63) is 132 Å². The molecule has 0 saturated carbocycles. The average Bonchev–Trinajstić information content (AvgIpc) is 3.52. The maximum Gasteiger partial charge on any atom is 0.200 e. The molecule has 3 aromatic carbocycles. The summed E-state index contributed by atoms with van der Waals surface area (Å²) >= 11 is 1.36. The van der Waals surface area contributed by atoms with E-state index in [-0.39, 0.29) is 17.5 Å². The number of likely N-dealkylation sites (tertiary alicyclic amines) is 1. The monoisotopic (exact) mass is 556 g/mol. The zero-order valence-electron chi connectivity index (χ0n) is 21.9. The Hall–Kier alpha value is -3.30. The lowest BCUT2D eigenvalue weighted by molar-refractivity contribution is -0.117. The van der Waals surface area contributed by atoms with Gasteiger partial charge in [0.15, 0.2) is 5.12 Å². The molecule has 200 valence electrons. The molecule has 0 atom stereocenters. The minimum atomic E-state index is -0.717. The summed E-state index contributed by atoms with van der Waals surface area (Å²) in [6, 6.07) is 36.9. The van der Waals surface area contributed by atoms with Crippen molar-refractivity contribution in [3.63, 3.8) is 0 Å².